The quantitative estimate of drug-likeness (QED) is 0.475. The van der Waals surface area contributed by atoms with Crippen LogP contribution in [-0.2, 0) is 10.1 Å². The summed E-state index contributed by atoms with van der Waals surface area (Å²) in [5, 5.41) is 3.65. The van der Waals surface area contributed by atoms with Crippen molar-refractivity contribution in [3.05, 3.63) is 58.9 Å². The molecule has 2 rings (SSSR count). The van der Waals surface area contributed by atoms with Crippen LogP contribution in [0.2, 0.25) is 5.02 Å². The maximum Gasteiger partial charge on any atom is 0.261 e. The number of rotatable bonds is 3. The average molecular weight is 387 g/mol. The lowest BCUT2D eigenvalue weighted by atomic mass is 10.2. The molecule has 0 aliphatic heterocycles. The van der Waals surface area contributed by atoms with Crippen LogP contribution in [-0.4, -0.2) is 35.0 Å². The zero-order valence-electron chi connectivity index (χ0n) is 12.9. The first-order valence-electron chi connectivity index (χ1n) is 6.53. The van der Waals surface area contributed by atoms with Crippen molar-refractivity contribution in [3.8, 4) is 0 Å². The number of ketones is 1. The molecule has 24 heavy (non-hydrogen) atoms. The second-order valence-corrected chi connectivity index (χ2v) is 6.94. The lowest BCUT2D eigenvalue weighted by Crippen LogP contribution is -2.11. The number of hydrogen-bond donors (Lipinski definition) is 2. The summed E-state index contributed by atoms with van der Waals surface area (Å²) in [5.74, 6) is -0.0727. The number of carbonyl (C=O) groups excluding carboxylic acids is 1. The van der Waals surface area contributed by atoms with Crippen LogP contribution in [0.5, 0.6) is 0 Å². The summed E-state index contributed by atoms with van der Waals surface area (Å²) in [5.41, 5.74) is 1.90. The third-order valence-corrected chi connectivity index (χ3v) is 3.18. The Kier molecular flexibility index (Phi) is 7.43. The molecule has 9 heteroatoms. The summed E-state index contributed by atoms with van der Waals surface area (Å²) in [6.45, 7) is 1.47. The van der Waals surface area contributed by atoms with E-state index in [2.05, 4.69) is 10.3 Å². The third-order valence-electron chi connectivity index (χ3n) is 2.51. The number of hydrogen-bond acceptors (Lipinski definition) is 5. The number of anilines is 1. The Balaban J connectivity index is 0.000000505. The van der Waals surface area contributed by atoms with Crippen LogP contribution in [0.1, 0.15) is 23.0 Å². The normalized spacial score (nSPS) is 10.3. The van der Waals surface area contributed by atoms with Crippen LogP contribution in [0.15, 0.2) is 42.6 Å². The predicted molar refractivity (Wildman–Crippen MR) is 98.5 cm³/mol. The highest BCUT2D eigenvalue weighted by atomic mass is 35.5. The van der Waals surface area contributed by atoms with Gasteiger partial charge in [-0.25, -0.2) is 0 Å². The monoisotopic (exact) mass is 386 g/mol. The van der Waals surface area contributed by atoms with Gasteiger partial charge in [0.15, 0.2) is 5.78 Å². The number of Topliss-reactive ketones (excluding diaryl/α,β-unsaturated/α-hetero) is 1. The number of nitrogens with one attached hydrogen (secondary N) is 1. The molecule has 0 saturated heterocycles. The van der Waals surface area contributed by atoms with Crippen LogP contribution < -0.4 is 5.32 Å². The summed E-state index contributed by atoms with van der Waals surface area (Å²) >= 11 is 11.3. The number of pyridine rings is 1. The van der Waals surface area contributed by atoms with E-state index in [0.29, 0.717) is 22.0 Å². The molecule has 0 unspecified atom stereocenters. The highest BCUT2D eigenvalue weighted by Crippen LogP contribution is 2.21. The van der Waals surface area contributed by atoms with E-state index in [9.17, 15) is 13.2 Å². The topological polar surface area (TPSA) is 96.4 Å². The van der Waals surface area contributed by atoms with E-state index in [0.717, 1.165) is 11.3 Å². The minimum absolute atomic E-state index is 0.0727. The molecule has 0 radical (unpaired) electrons. The summed E-state index contributed by atoms with van der Waals surface area (Å²) in [6.07, 6.45) is 2.29. The predicted octanol–water partition coefficient (Wildman–Crippen LogP) is 3.23. The standard InChI is InChI=1S/C14H11ClN2OS.CH4O3S/c1-9(18)12-7-6-10(8-16-12)14(19)17-13-5-3-2-4-11(13)15;1-5(2,3)4/h2-8H,1H3,(H,17,19);1H3,(H,2,3,4). The zero-order chi connectivity index (χ0) is 18.3. The summed E-state index contributed by atoms with van der Waals surface area (Å²) < 4.78 is 25.9. The van der Waals surface area contributed by atoms with Crippen molar-refractivity contribution in [2.24, 2.45) is 0 Å². The Hall–Kier alpha value is -1.87. The van der Waals surface area contributed by atoms with Gasteiger partial charge in [-0.15, -0.1) is 0 Å². The zero-order valence-corrected chi connectivity index (χ0v) is 15.2. The summed E-state index contributed by atoms with van der Waals surface area (Å²) in [7, 11) is -3.67. The highest BCUT2D eigenvalue weighted by Gasteiger charge is 2.06. The maximum atomic E-state index is 11.1. The first-order chi connectivity index (χ1) is 11.1. The molecule has 2 aromatic rings. The van der Waals surface area contributed by atoms with Crippen LogP contribution >= 0.6 is 23.8 Å². The van der Waals surface area contributed by atoms with Crippen LogP contribution in [0.25, 0.3) is 0 Å². The lowest BCUT2D eigenvalue weighted by Gasteiger charge is -2.09. The fraction of sp³-hybridized carbons (Fsp3) is 0.133. The van der Waals surface area contributed by atoms with Gasteiger partial charge < -0.3 is 5.32 Å². The van der Waals surface area contributed by atoms with Crippen LogP contribution in [0, 0.1) is 0 Å². The molecule has 1 aromatic heterocycles. The van der Waals surface area contributed by atoms with Gasteiger partial charge in [-0.2, -0.15) is 8.42 Å². The summed E-state index contributed by atoms with van der Waals surface area (Å²) in [6, 6.07) is 10.7. The second-order valence-electron chi connectivity index (χ2n) is 4.66. The Morgan fingerprint density at radius 2 is 1.83 bits per heavy atom. The fourth-order valence-corrected chi connectivity index (χ4v) is 1.91. The Labute approximate surface area is 150 Å². The van der Waals surface area contributed by atoms with Gasteiger partial charge in [-0.1, -0.05) is 36.0 Å². The van der Waals surface area contributed by atoms with Crippen LogP contribution in [0.4, 0.5) is 5.69 Å². The first-order valence-corrected chi connectivity index (χ1v) is 9.16. The number of carbonyl (C=O) groups is 1. The van der Waals surface area contributed by atoms with Crippen molar-refractivity contribution in [3.63, 3.8) is 0 Å². The van der Waals surface area contributed by atoms with E-state index in [-0.39, 0.29) is 5.78 Å². The number of aromatic nitrogens is 1. The first kappa shape index (κ1) is 20.2. The molecule has 0 fully saturated rings. The molecule has 0 atom stereocenters. The maximum absolute atomic E-state index is 11.1. The van der Waals surface area contributed by atoms with Gasteiger partial charge in [0.05, 0.1) is 17.0 Å². The molecule has 2 N–H and O–H groups in total. The van der Waals surface area contributed by atoms with Gasteiger partial charge in [0.1, 0.15) is 10.7 Å². The highest BCUT2D eigenvalue weighted by molar-refractivity contribution is 7.85. The molecular weight excluding hydrogens is 372 g/mol. The Morgan fingerprint density at radius 3 is 2.29 bits per heavy atom. The van der Waals surface area contributed by atoms with Crippen molar-refractivity contribution in [2.45, 2.75) is 6.92 Å². The van der Waals surface area contributed by atoms with Crippen molar-refractivity contribution >= 4 is 50.4 Å². The Bertz CT molecular complexity index is 829. The van der Waals surface area contributed by atoms with Gasteiger partial charge in [-0.3, -0.25) is 14.3 Å². The molecular formula is C15H15ClN2O4S2. The largest absolute Gasteiger partial charge is 0.345 e. The molecule has 1 aromatic carbocycles. The van der Waals surface area contributed by atoms with E-state index in [4.69, 9.17) is 28.4 Å². The van der Waals surface area contributed by atoms with Gasteiger partial charge in [0.2, 0.25) is 0 Å². The molecule has 128 valence electrons. The van der Waals surface area contributed by atoms with Gasteiger partial charge in [0, 0.05) is 18.7 Å². The van der Waals surface area contributed by atoms with Crippen molar-refractivity contribution in [1.82, 2.24) is 4.98 Å². The fourth-order valence-electron chi connectivity index (χ4n) is 1.49. The number of thiocarbonyl (C=S) groups is 1. The van der Waals surface area contributed by atoms with Gasteiger partial charge in [-0.05, 0) is 24.3 Å². The van der Waals surface area contributed by atoms with Crippen molar-refractivity contribution in [2.75, 3.05) is 11.6 Å². The molecule has 6 nitrogen and oxygen atoms in total. The second kappa shape index (κ2) is 8.84. The van der Waals surface area contributed by atoms with Crippen molar-refractivity contribution < 1.29 is 17.8 Å². The van der Waals surface area contributed by atoms with Gasteiger partial charge in [0.25, 0.3) is 10.1 Å². The number of halogens is 1. The Morgan fingerprint density at radius 1 is 1.25 bits per heavy atom. The molecule has 0 spiro atoms. The molecule has 0 saturated carbocycles. The average Bonchev–Trinajstić information content (AvgIpc) is 2.48. The van der Waals surface area contributed by atoms with Crippen molar-refractivity contribution in [1.29, 1.82) is 0 Å². The molecule has 0 aliphatic carbocycles. The third kappa shape index (κ3) is 7.60. The number of nitrogens with zero attached hydrogens (tertiary/aromatic N) is 1. The molecule has 0 aliphatic rings. The van der Waals surface area contributed by atoms with E-state index < -0.39 is 10.1 Å². The smallest absolute Gasteiger partial charge is 0.261 e. The number of para-hydroxylation sites is 1. The van der Waals surface area contributed by atoms with Crippen LogP contribution in [0.3, 0.4) is 0 Å². The molecule has 0 amide bonds. The van der Waals surface area contributed by atoms with Gasteiger partial charge >= 0.3 is 0 Å². The van der Waals surface area contributed by atoms with E-state index in [1.165, 1.54) is 6.92 Å². The number of benzene rings is 1. The van der Waals surface area contributed by atoms with E-state index in [1.54, 1.807) is 24.4 Å². The van der Waals surface area contributed by atoms with E-state index >= 15 is 0 Å². The minimum atomic E-state index is -3.67. The lowest BCUT2D eigenvalue weighted by molar-refractivity contribution is 0.101. The van der Waals surface area contributed by atoms with E-state index in [1.807, 2.05) is 18.2 Å². The minimum Gasteiger partial charge on any atom is -0.345 e. The molecule has 1 heterocycles. The summed E-state index contributed by atoms with van der Waals surface area (Å²) in [4.78, 5) is 15.7. The SMILES string of the molecule is CC(=O)c1ccc(C(=S)Nc2ccccc2Cl)cn1.CS(=O)(=O)O. The molecule has 0 bridgehead atoms.